The van der Waals surface area contributed by atoms with E-state index in [2.05, 4.69) is 16.5 Å². The fraction of sp³-hybridized carbons (Fsp3) is 0.455. The maximum Gasteiger partial charge on any atom is 0.409 e. The maximum absolute atomic E-state index is 13.2. The Balaban J connectivity index is 1.48. The summed E-state index contributed by atoms with van der Waals surface area (Å²) in [6.07, 6.45) is 1.21. The van der Waals surface area contributed by atoms with Crippen LogP contribution in [0.4, 0.5) is 29.5 Å². The fourth-order valence-electron chi connectivity index (χ4n) is 4.01. The molecule has 0 radical (unpaired) electrons. The minimum Gasteiger partial charge on any atom is -0.449 e. The Bertz CT molecular complexity index is 1120. The lowest BCUT2D eigenvalue weighted by Gasteiger charge is -2.40. The average Bonchev–Trinajstić information content (AvgIpc) is 3.20. The lowest BCUT2D eigenvalue weighted by atomic mass is 9.85. The van der Waals surface area contributed by atoms with E-state index in [-0.39, 0.29) is 43.9 Å². The van der Waals surface area contributed by atoms with Crippen LogP contribution in [0.25, 0.3) is 0 Å². The van der Waals surface area contributed by atoms with Crippen molar-refractivity contribution in [2.75, 3.05) is 25.0 Å². The maximum atomic E-state index is 13.2. The van der Waals surface area contributed by atoms with Gasteiger partial charge in [-0.3, -0.25) is 9.48 Å². The Morgan fingerprint density at radius 2 is 1.91 bits per heavy atom. The van der Waals surface area contributed by atoms with Crippen LogP contribution >= 0.6 is 0 Å². The number of hydrogen-bond donors (Lipinski definition) is 2. The van der Waals surface area contributed by atoms with E-state index in [0.717, 1.165) is 0 Å². The van der Waals surface area contributed by atoms with Crippen LogP contribution in [0.5, 0.6) is 0 Å². The number of alkyl halides is 2. The highest BCUT2D eigenvalue weighted by atomic mass is 19.3. The molecule has 2 heterocycles. The number of nitrogens with zero attached hydrogens (tertiary/aromatic N) is 4. The highest BCUT2D eigenvalue weighted by Crippen LogP contribution is 2.48. The van der Waals surface area contributed by atoms with Gasteiger partial charge >= 0.3 is 6.09 Å². The molecule has 3 N–H and O–H groups in total. The Kier molecular flexibility index (Phi) is 6.12. The first-order valence-electron chi connectivity index (χ1n) is 10.7. The highest BCUT2D eigenvalue weighted by molar-refractivity contribution is 5.98. The second kappa shape index (κ2) is 8.89. The van der Waals surface area contributed by atoms with Gasteiger partial charge in [0.1, 0.15) is 18.0 Å². The number of halogens is 3. The Morgan fingerprint density at radius 3 is 2.47 bits per heavy atom. The van der Waals surface area contributed by atoms with Gasteiger partial charge in [-0.1, -0.05) is 0 Å². The lowest BCUT2D eigenvalue weighted by Crippen LogP contribution is -2.48. The number of ether oxygens (including phenoxy) is 1. The summed E-state index contributed by atoms with van der Waals surface area (Å²) in [5.74, 6) is -4.69. The zero-order valence-corrected chi connectivity index (χ0v) is 18.1. The number of benzene rings is 1. The predicted octanol–water partition coefficient (Wildman–Crippen LogP) is 3.36. The number of primary amides is 1. The molecule has 2 aliphatic rings. The topological polar surface area (TPSA) is 126 Å². The van der Waals surface area contributed by atoms with Gasteiger partial charge in [-0.2, -0.15) is 10.4 Å². The van der Waals surface area contributed by atoms with Crippen molar-refractivity contribution in [2.24, 2.45) is 11.7 Å². The van der Waals surface area contributed by atoms with Crippen LogP contribution in [0.15, 0.2) is 30.5 Å². The van der Waals surface area contributed by atoms with E-state index in [1.54, 1.807) is 0 Å². The Morgan fingerprint density at radius 1 is 1.26 bits per heavy atom. The smallest absolute Gasteiger partial charge is 0.409 e. The van der Waals surface area contributed by atoms with Crippen molar-refractivity contribution in [1.29, 1.82) is 5.26 Å². The quantitative estimate of drug-likeness (QED) is 0.631. The molecule has 12 heteroatoms. The molecule has 2 fully saturated rings. The summed E-state index contributed by atoms with van der Waals surface area (Å²) in [5, 5.41) is 16.9. The molecule has 4 rings (SSSR count). The van der Waals surface area contributed by atoms with Crippen LogP contribution in [-0.4, -0.2) is 52.3 Å². The number of rotatable bonds is 7. The van der Waals surface area contributed by atoms with Gasteiger partial charge in [-0.25, -0.2) is 18.0 Å². The molecule has 1 unspecified atom stereocenters. The zero-order valence-electron chi connectivity index (χ0n) is 18.1. The third kappa shape index (κ3) is 4.78. The van der Waals surface area contributed by atoms with Gasteiger partial charge in [0.15, 0.2) is 5.82 Å². The van der Waals surface area contributed by atoms with Crippen molar-refractivity contribution in [3.05, 3.63) is 41.8 Å². The molecule has 9 nitrogen and oxygen atoms in total. The first-order valence-corrected chi connectivity index (χ1v) is 10.7. The van der Waals surface area contributed by atoms with Gasteiger partial charge in [-0.15, -0.1) is 0 Å². The fourth-order valence-corrected chi connectivity index (χ4v) is 4.01. The third-order valence-electron chi connectivity index (χ3n) is 6.30. The summed E-state index contributed by atoms with van der Waals surface area (Å²) in [6, 6.07) is 7.59. The summed E-state index contributed by atoms with van der Waals surface area (Å²) >= 11 is 0. The normalized spacial score (nSPS) is 20.3. The van der Waals surface area contributed by atoms with Gasteiger partial charge in [-0.05, 0) is 37.1 Å². The monoisotopic (exact) mass is 476 g/mol. The molecule has 1 saturated heterocycles. The van der Waals surface area contributed by atoms with Gasteiger partial charge in [0.2, 0.25) is 0 Å². The number of nitriles is 1. The number of anilines is 2. The van der Waals surface area contributed by atoms with Crippen LogP contribution in [-0.2, 0) is 10.3 Å². The Hall–Kier alpha value is -3.75. The summed E-state index contributed by atoms with van der Waals surface area (Å²) in [7, 11) is 0. The van der Waals surface area contributed by atoms with Crippen LogP contribution in [0, 0.1) is 23.1 Å². The van der Waals surface area contributed by atoms with Crippen LogP contribution in [0.2, 0.25) is 0 Å². The molecule has 1 saturated carbocycles. The van der Waals surface area contributed by atoms with E-state index in [9.17, 15) is 28.0 Å². The summed E-state index contributed by atoms with van der Waals surface area (Å²) in [4.78, 5) is 25.7. The molecule has 0 bridgehead atoms. The highest BCUT2D eigenvalue weighted by Gasteiger charge is 2.57. The van der Waals surface area contributed by atoms with E-state index >= 15 is 0 Å². The number of piperidine rings is 1. The molecule has 180 valence electrons. The second-order valence-corrected chi connectivity index (χ2v) is 8.62. The minimum absolute atomic E-state index is 0.0556. The Labute approximate surface area is 193 Å². The standard InChI is InChI=1S/C22H23F3N6O3/c23-15-1-3-16(4-2-15)28-19-17(18(27)32)12-31(29-19)21(5-8-26)6-9-30(10-7-21)20(33)34-13-14-11-22(14,24)25/h1-4,12,14H,5-7,9-11,13H2,(H2,27,32)(H,28,29). The van der Waals surface area contributed by atoms with E-state index < -0.39 is 35.2 Å². The number of nitrogens with two attached hydrogens (primary N) is 1. The van der Waals surface area contributed by atoms with Crippen LogP contribution < -0.4 is 11.1 Å². The van der Waals surface area contributed by atoms with Gasteiger partial charge in [0.25, 0.3) is 11.8 Å². The number of carbonyl (C=O) groups is 2. The zero-order chi connectivity index (χ0) is 24.5. The molecule has 1 aliphatic heterocycles. The van der Waals surface area contributed by atoms with Crippen molar-refractivity contribution < 1.29 is 27.5 Å². The molecular formula is C22H23F3N6O3. The lowest BCUT2D eigenvalue weighted by molar-refractivity contribution is 0.0450. The van der Waals surface area contributed by atoms with Crippen LogP contribution in [0.1, 0.15) is 36.0 Å². The summed E-state index contributed by atoms with van der Waals surface area (Å²) < 4.78 is 45.8. The first-order chi connectivity index (χ1) is 16.1. The molecule has 1 aliphatic carbocycles. The van der Waals surface area contributed by atoms with Crippen molar-refractivity contribution in [3.8, 4) is 6.07 Å². The molecule has 1 aromatic carbocycles. The predicted molar refractivity (Wildman–Crippen MR) is 114 cm³/mol. The summed E-state index contributed by atoms with van der Waals surface area (Å²) in [5.41, 5.74) is 5.28. The van der Waals surface area contributed by atoms with Crippen LogP contribution in [0.3, 0.4) is 0 Å². The minimum atomic E-state index is -2.76. The third-order valence-corrected chi connectivity index (χ3v) is 6.30. The van der Waals surface area contributed by atoms with E-state index in [0.29, 0.717) is 18.5 Å². The molecule has 1 atom stereocenters. The molecular weight excluding hydrogens is 453 g/mol. The van der Waals surface area contributed by atoms with Crippen molar-refractivity contribution in [2.45, 2.75) is 37.1 Å². The number of likely N-dealkylation sites (tertiary alicyclic amines) is 1. The van der Waals surface area contributed by atoms with Gasteiger partial charge in [0, 0.05) is 31.4 Å². The number of aromatic nitrogens is 2. The van der Waals surface area contributed by atoms with E-state index in [4.69, 9.17) is 10.5 Å². The average molecular weight is 476 g/mol. The molecule has 1 aromatic heterocycles. The van der Waals surface area contributed by atoms with Gasteiger partial charge < -0.3 is 20.7 Å². The molecule has 2 amide bonds. The molecule has 34 heavy (non-hydrogen) atoms. The van der Waals surface area contributed by atoms with E-state index in [1.165, 1.54) is 40.0 Å². The van der Waals surface area contributed by atoms with E-state index in [1.807, 2.05) is 0 Å². The number of carbonyl (C=O) groups excluding carboxylic acids is 2. The largest absolute Gasteiger partial charge is 0.449 e. The van der Waals surface area contributed by atoms with Crippen molar-refractivity contribution >= 4 is 23.5 Å². The van der Waals surface area contributed by atoms with Gasteiger partial charge in [0.05, 0.1) is 23.9 Å². The SMILES string of the molecule is N#CCC1(n2cc(C(N)=O)c(Nc3ccc(F)cc3)n2)CCN(C(=O)OCC2CC2(F)F)CC1. The van der Waals surface area contributed by atoms with Crippen molar-refractivity contribution in [3.63, 3.8) is 0 Å². The first kappa shape index (κ1) is 23.4. The molecule has 0 spiro atoms. The number of nitrogens with one attached hydrogen (secondary N) is 1. The number of amides is 2. The second-order valence-electron chi connectivity index (χ2n) is 8.62. The summed E-state index contributed by atoms with van der Waals surface area (Å²) in [6.45, 7) is 0.105. The number of hydrogen-bond acceptors (Lipinski definition) is 6. The molecule has 2 aromatic rings. The van der Waals surface area contributed by atoms with Crippen molar-refractivity contribution in [1.82, 2.24) is 14.7 Å².